The van der Waals surface area contributed by atoms with Gasteiger partial charge in [-0.15, -0.1) is 0 Å². The van der Waals surface area contributed by atoms with E-state index in [1.807, 2.05) is 73.5 Å². The van der Waals surface area contributed by atoms with Crippen molar-refractivity contribution in [2.45, 2.75) is 13.0 Å². The zero-order valence-corrected chi connectivity index (χ0v) is 11.1. The lowest BCUT2D eigenvalue weighted by atomic mass is 10.2. The number of benzene rings is 2. The Morgan fingerprint density at radius 1 is 1.00 bits per heavy atom. The Bertz CT molecular complexity index is 558. The molecule has 2 rings (SSSR count). The predicted molar refractivity (Wildman–Crippen MR) is 76.4 cm³/mol. The van der Waals surface area contributed by atoms with Crippen molar-refractivity contribution in [3.05, 3.63) is 54.6 Å². The fourth-order valence-electron chi connectivity index (χ4n) is 1.68. The third-order valence-corrected chi connectivity index (χ3v) is 2.99. The zero-order valence-electron chi connectivity index (χ0n) is 11.1. The highest BCUT2D eigenvalue weighted by Gasteiger charge is 2.08. The lowest BCUT2D eigenvalue weighted by molar-refractivity contribution is 0.482. The van der Waals surface area contributed by atoms with Crippen LogP contribution in [0.2, 0.25) is 0 Å². The van der Waals surface area contributed by atoms with Gasteiger partial charge in [-0.2, -0.15) is 5.26 Å². The Morgan fingerprint density at radius 2 is 1.58 bits per heavy atom. The van der Waals surface area contributed by atoms with E-state index in [0.717, 1.165) is 17.2 Å². The maximum absolute atomic E-state index is 8.90. The first-order valence-electron chi connectivity index (χ1n) is 6.16. The summed E-state index contributed by atoms with van der Waals surface area (Å²) in [5.74, 6) is 1.60. The second-order valence-electron chi connectivity index (χ2n) is 4.32. The van der Waals surface area contributed by atoms with E-state index >= 15 is 0 Å². The Morgan fingerprint density at radius 3 is 2.16 bits per heavy atom. The number of nitrogens with zero attached hydrogens (tertiary/aromatic N) is 2. The summed E-state index contributed by atoms with van der Waals surface area (Å²) in [5, 5.41) is 8.90. The van der Waals surface area contributed by atoms with Crippen molar-refractivity contribution in [2.75, 3.05) is 11.9 Å². The molecular weight excluding hydrogens is 236 g/mol. The van der Waals surface area contributed by atoms with Crippen LogP contribution in [0.15, 0.2) is 54.6 Å². The molecule has 0 saturated heterocycles. The number of ether oxygens (including phenoxy) is 1. The van der Waals surface area contributed by atoms with Gasteiger partial charge < -0.3 is 9.64 Å². The molecule has 3 heteroatoms. The van der Waals surface area contributed by atoms with Crippen LogP contribution in [0, 0.1) is 11.3 Å². The predicted octanol–water partition coefficient (Wildman–Crippen LogP) is 3.83. The molecule has 1 atom stereocenters. The number of hydrogen-bond donors (Lipinski definition) is 0. The fraction of sp³-hybridized carbons (Fsp3) is 0.188. The first-order valence-corrected chi connectivity index (χ1v) is 6.16. The van der Waals surface area contributed by atoms with Gasteiger partial charge in [0.05, 0.1) is 6.07 Å². The highest BCUT2D eigenvalue weighted by molar-refractivity contribution is 5.50. The quantitative estimate of drug-likeness (QED) is 0.829. The van der Waals surface area contributed by atoms with Gasteiger partial charge in [0, 0.05) is 12.7 Å². The van der Waals surface area contributed by atoms with Gasteiger partial charge in [-0.3, -0.25) is 0 Å². The van der Waals surface area contributed by atoms with E-state index in [4.69, 9.17) is 10.00 Å². The van der Waals surface area contributed by atoms with Gasteiger partial charge in [0.25, 0.3) is 0 Å². The molecule has 19 heavy (non-hydrogen) atoms. The van der Waals surface area contributed by atoms with E-state index in [0.29, 0.717) is 0 Å². The van der Waals surface area contributed by atoms with E-state index in [1.54, 1.807) is 0 Å². The van der Waals surface area contributed by atoms with Crippen molar-refractivity contribution >= 4 is 5.69 Å². The summed E-state index contributed by atoms with van der Waals surface area (Å²) in [6.45, 7) is 1.87. The fourth-order valence-corrected chi connectivity index (χ4v) is 1.68. The standard InChI is InChI=1S/C16H16N2O/c1-13(12-17)18(2)14-8-10-16(11-9-14)19-15-6-4-3-5-7-15/h3-11,13H,1-2H3. The molecule has 0 saturated carbocycles. The van der Waals surface area contributed by atoms with Gasteiger partial charge in [-0.25, -0.2) is 0 Å². The van der Waals surface area contributed by atoms with Gasteiger partial charge in [-0.1, -0.05) is 18.2 Å². The monoisotopic (exact) mass is 252 g/mol. The largest absolute Gasteiger partial charge is 0.457 e. The van der Waals surface area contributed by atoms with Crippen LogP contribution in [-0.2, 0) is 0 Å². The third kappa shape index (κ3) is 3.26. The van der Waals surface area contributed by atoms with Crippen molar-refractivity contribution in [3.63, 3.8) is 0 Å². The topological polar surface area (TPSA) is 36.3 Å². The molecule has 2 aromatic rings. The Balaban J connectivity index is 2.09. The number of rotatable bonds is 4. The molecule has 0 amide bonds. The van der Waals surface area contributed by atoms with Crippen molar-refractivity contribution in [1.29, 1.82) is 5.26 Å². The summed E-state index contributed by atoms with van der Waals surface area (Å²) in [4.78, 5) is 1.92. The van der Waals surface area contributed by atoms with E-state index in [1.165, 1.54) is 0 Å². The first-order chi connectivity index (χ1) is 9.20. The van der Waals surface area contributed by atoms with E-state index in [2.05, 4.69) is 6.07 Å². The molecule has 0 N–H and O–H groups in total. The highest BCUT2D eigenvalue weighted by atomic mass is 16.5. The average molecular weight is 252 g/mol. The summed E-state index contributed by atoms with van der Waals surface area (Å²) in [7, 11) is 1.90. The van der Waals surface area contributed by atoms with Gasteiger partial charge >= 0.3 is 0 Å². The molecule has 96 valence electrons. The second-order valence-corrected chi connectivity index (χ2v) is 4.32. The summed E-state index contributed by atoms with van der Waals surface area (Å²) < 4.78 is 5.72. The van der Waals surface area contributed by atoms with Crippen molar-refractivity contribution in [2.24, 2.45) is 0 Å². The number of para-hydroxylation sites is 1. The molecular formula is C16H16N2O. The van der Waals surface area contributed by atoms with Crippen LogP contribution in [0.1, 0.15) is 6.92 Å². The smallest absolute Gasteiger partial charge is 0.127 e. The molecule has 0 fully saturated rings. The molecule has 0 bridgehead atoms. The minimum absolute atomic E-state index is 0.152. The van der Waals surface area contributed by atoms with Crippen LogP contribution >= 0.6 is 0 Å². The van der Waals surface area contributed by atoms with Crippen LogP contribution in [-0.4, -0.2) is 13.1 Å². The van der Waals surface area contributed by atoms with Gasteiger partial charge in [0.15, 0.2) is 0 Å². The highest BCUT2D eigenvalue weighted by Crippen LogP contribution is 2.24. The van der Waals surface area contributed by atoms with Crippen LogP contribution in [0.5, 0.6) is 11.5 Å². The Hall–Kier alpha value is -2.47. The normalized spacial score (nSPS) is 11.4. The Labute approximate surface area is 113 Å². The molecule has 0 aliphatic carbocycles. The summed E-state index contributed by atoms with van der Waals surface area (Å²) in [6, 6.07) is 19.4. The second kappa shape index (κ2) is 5.92. The van der Waals surface area contributed by atoms with E-state index in [-0.39, 0.29) is 6.04 Å². The van der Waals surface area contributed by atoms with Crippen molar-refractivity contribution in [3.8, 4) is 17.6 Å². The molecule has 2 aromatic carbocycles. The summed E-state index contributed by atoms with van der Waals surface area (Å²) in [5.41, 5.74) is 0.995. The molecule has 0 aliphatic rings. The van der Waals surface area contributed by atoms with Crippen molar-refractivity contribution < 1.29 is 4.74 Å². The molecule has 3 nitrogen and oxygen atoms in total. The Kier molecular flexibility index (Phi) is 4.04. The maximum atomic E-state index is 8.90. The van der Waals surface area contributed by atoms with Crippen molar-refractivity contribution in [1.82, 2.24) is 0 Å². The summed E-state index contributed by atoms with van der Waals surface area (Å²) >= 11 is 0. The lowest BCUT2D eigenvalue weighted by Crippen LogP contribution is -2.26. The van der Waals surface area contributed by atoms with Crippen LogP contribution in [0.3, 0.4) is 0 Å². The molecule has 0 spiro atoms. The average Bonchev–Trinajstić information content (AvgIpc) is 2.47. The maximum Gasteiger partial charge on any atom is 0.127 e. The number of anilines is 1. The molecule has 1 unspecified atom stereocenters. The minimum Gasteiger partial charge on any atom is -0.457 e. The lowest BCUT2D eigenvalue weighted by Gasteiger charge is -2.21. The van der Waals surface area contributed by atoms with Gasteiger partial charge in [0.2, 0.25) is 0 Å². The van der Waals surface area contributed by atoms with Gasteiger partial charge in [-0.05, 0) is 43.3 Å². The zero-order chi connectivity index (χ0) is 13.7. The van der Waals surface area contributed by atoms with E-state index in [9.17, 15) is 0 Å². The molecule has 0 radical (unpaired) electrons. The number of hydrogen-bond acceptors (Lipinski definition) is 3. The van der Waals surface area contributed by atoms with Crippen LogP contribution < -0.4 is 9.64 Å². The molecule has 0 aromatic heterocycles. The molecule has 0 heterocycles. The number of nitriles is 1. The first kappa shape index (κ1) is 13.0. The van der Waals surface area contributed by atoms with Crippen LogP contribution in [0.4, 0.5) is 5.69 Å². The molecule has 0 aliphatic heterocycles. The van der Waals surface area contributed by atoms with Crippen LogP contribution in [0.25, 0.3) is 0 Å². The minimum atomic E-state index is -0.152. The summed E-state index contributed by atoms with van der Waals surface area (Å²) in [6.07, 6.45) is 0. The SMILES string of the molecule is CC(C#N)N(C)c1ccc(Oc2ccccc2)cc1. The van der Waals surface area contributed by atoms with E-state index < -0.39 is 0 Å². The third-order valence-electron chi connectivity index (χ3n) is 2.99. The van der Waals surface area contributed by atoms with Gasteiger partial charge in [0.1, 0.15) is 17.5 Å².